The maximum absolute atomic E-state index is 12.5. The molecule has 0 atom stereocenters. The Morgan fingerprint density at radius 2 is 1.82 bits per heavy atom. The summed E-state index contributed by atoms with van der Waals surface area (Å²) in [6.45, 7) is 1.74. The fraction of sp³-hybridized carbons (Fsp3) is 0.467. The minimum atomic E-state index is -4.87. The van der Waals surface area contributed by atoms with Gasteiger partial charge in [-0.15, -0.1) is 0 Å². The van der Waals surface area contributed by atoms with Gasteiger partial charge in [-0.3, -0.25) is 4.79 Å². The number of phenols is 1. The van der Waals surface area contributed by atoms with Crippen LogP contribution in [0, 0.1) is 5.41 Å². The zero-order valence-corrected chi connectivity index (χ0v) is 12.1. The average molecular weight is 314 g/mol. The topological polar surface area (TPSA) is 64.4 Å². The number of phenolic OH excluding ortho intramolecular Hbond substituents is 1. The summed E-state index contributed by atoms with van der Waals surface area (Å²) in [6, 6.07) is 3.15. The van der Waals surface area contributed by atoms with Crippen molar-refractivity contribution in [1.29, 1.82) is 5.41 Å². The number of nitrogens with zero attached hydrogens (tertiary/aromatic N) is 1. The van der Waals surface area contributed by atoms with Crippen LogP contribution in [-0.4, -0.2) is 40.9 Å². The number of halogens is 3. The third kappa shape index (κ3) is 3.23. The predicted octanol–water partition coefficient (Wildman–Crippen LogP) is 2.66. The Kier molecular flexibility index (Phi) is 4.44. The number of carbonyl (C=O) groups excluding carboxylic acids is 1. The minimum absolute atomic E-state index is 0.0188. The fourth-order valence-electron chi connectivity index (χ4n) is 2.58. The first kappa shape index (κ1) is 16.3. The molecule has 0 spiro atoms. The second-order valence-corrected chi connectivity index (χ2v) is 5.26. The normalized spacial score (nSPS) is 15.2. The summed E-state index contributed by atoms with van der Waals surface area (Å²) in [5.41, 5.74) is 2.18. The molecule has 0 saturated carbocycles. The second kappa shape index (κ2) is 5.98. The molecule has 2 rings (SSSR count). The third-order valence-electron chi connectivity index (χ3n) is 3.83. The maximum Gasteiger partial charge on any atom is 0.471 e. The summed E-state index contributed by atoms with van der Waals surface area (Å²) >= 11 is 0. The van der Waals surface area contributed by atoms with Gasteiger partial charge >= 0.3 is 12.1 Å². The first-order chi connectivity index (χ1) is 10.2. The Morgan fingerprint density at radius 3 is 2.32 bits per heavy atom. The molecule has 0 aliphatic carbocycles. The van der Waals surface area contributed by atoms with Crippen LogP contribution in [0.1, 0.15) is 30.0 Å². The highest BCUT2D eigenvalue weighted by Gasteiger charge is 2.42. The lowest BCUT2D eigenvalue weighted by Crippen LogP contribution is -2.42. The number of alkyl halides is 3. The first-order valence-corrected chi connectivity index (χ1v) is 7.02. The molecule has 0 radical (unpaired) electrons. The maximum atomic E-state index is 12.5. The van der Waals surface area contributed by atoms with Gasteiger partial charge in [-0.2, -0.15) is 13.2 Å². The van der Waals surface area contributed by atoms with Gasteiger partial charge in [-0.1, -0.05) is 6.92 Å². The molecule has 1 aliphatic heterocycles. The van der Waals surface area contributed by atoms with Gasteiger partial charge < -0.3 is 15.4 Å². The van der Waals surface area contributed by atoms with Crippen molar-refractivity contribution < 1.29 is 23.1 Å². The van der Waals surface area contributed by atoms with E-state index < -0.39 is 12.1 Å². The Morgan fingerprint density at radius 1 is 1.27 bits per heavy atom. The van der Waals surface area contributed by atoms with E-state index in [9.17, 15) is 23.1 Å². The van der Waals surface area contributed by atoms with Gasteiger partial charge in [0.15, 0.2) is 0 Å². The molecule has 0 unspecified atom stereocenters. The Bertz CT molecular complexity index is 612. The Labute approximate surface area is 126 Å². The number of aromatic hydroxyl groups is 1. The summed E-state index contributed by atoms with van der Waals surface area (Å²) in [7, 11) is 0. The highest BCUT2D eigenvalue weighted by atomic mass is 19.4. The van der Waals surface area contributed by atoms with Crippen molar-refractivity contribution in [2.45, 2.75) is 32.4 Å². The number of rotatable bonds is 2. The molecule has 1 amide bonds. The number of amides is 1. The number of hydrogen-bond donors (Lipinski definition) is 2. The van der Waals surface area contributed by atoms with Crippen LogP contribution in [0.2, 0.25) is 0 Å². The molecule has 0 bridgehead atoms. The molecular formula is C15H17F3N2O2. The zero-order chi connectivity index (χ0) is 16.5. The van der Waals surface area contributed by atoms with Crippen molar-refractivity contribution in [3.63, 3.8) is 0 Å². The lowest BCUT2D eigenvalue weighted by molar-refractivity contribution is -0.185. The third-order valence-corrected chi connectivity index (χ3v) is 3.83. The molecule has 2 N–H and O–H groups in total. The fourth-order valence-corrected chi connectivity index (χ4v) is 2.58. The lowest BCUT2D eigenvalue weighted by Gasteiger charge is -2.21. The number of hydrogen-bond acceptors (Lipinski definition) is 3. The van der Waals surface area contributed by atoms with Crippen LogP contribution in [-0.2, 0) is 17.6 Å². The molecule has 7 heteroatoms. The van der Waals surface area contributed by atoms with Gasteiger partial charge in [0.05, 0.1) is 0 Å². The molecule has 0 aromatic heterocycles. The number of benzene rings is 1. The molecule has 1 aliphatic rings. The van der Waals surface area contributed by atoms with Crippen molar-refractivity contribution >= 4 is 11.6 Å². The molecule has 1 aromatic carbocycles. The van der Waals surface area contributed by atoms with Gasteiger partial charge in [-0.05, 0) is 42.5 Å². The minimum Gasteiger partial charge on any atom is -0.507 e. The van der Waals surface area contributed by atoms with E-state index in [0.717, 1.165) is 16.0 Å². The van der Waals surface area contributed by atoms with Gasteiger partial charge in [0.1, 0.15) is 5.75 Å². The second-order valence-electron chi connectivity index (χ2n) is 5.26. The summed E-state index contributed by atoms with van der Waals surface area (Å²) in [4.78, 5) is 12.1. The van der Waals surface area contributed by atoms with Crippen molar-refractivity contribution in [2.24, 2.45) is 0 Å². The predicted molar refractivity (Wildman–Crippen MR) is 75.3 cm³/mol. The first-order valence-electron chi connectivity index (χ1n) is 7.02. The summed E-state index contributed by atoms with van der Waals surface area (Å²) in [5.74, 6) is -1.87. The average Bonchev–Trinajstić information content (AvgIpc) is 2.66. The summed E-state index contributed by atoms with van der Waals surface area (Å²) in [6.07, 6.45) is -3.88. The Balaban J connectivity index is 2.26. The van der Waals surface area contributed by atoms with Crippen LogP contribution >= 0.6 is 0 Å². The standard InChI is InChI=1S/C15H17F3N2O2/c1-2-12(19)11-7-9-3-5-20(14(22)15(16,17)18)6-4-10(9)8-13(11)21/h7-8,19,21H,2-6H2,1H3. The van der Waals surface area contributed by atoms with E-state index in [1.165, 1.54) is 6.07 Å². The Hall–Kier alpha value is -2.05. The summed E-state index contributed by atoms with van der Waals surface area (Å²) in [5, 5.41) is 17.8. The van der Waals surface area contributed by atoms with Crippen LogP contribution in [0.15, 0.2) is 12.1 Å². The van der Waals surface area contributed by atoms with Crippen molar-refractivity contribution in [3.05, 3.63) is 28.8 Å². The van der Waals surface area contributed by atoms with E-state index in [-0.39, 0.29) is 37.4 Å². The molecule has 22 heavy (non-hydrogen) atoms. The van der Waals surface area contributed by atoms with Crippen molar-refractivity contribution in [1.82, 2.24) is 4.90 Å². The van der Waals surface area contributed by atoms with E-state index in [2.05, 4.69) is 0 Å². The largest absolute Gasteiger partial charge is 0.507 e. The molecule has 4 nitrogen and oxygen atoms in total. The van der Waals surface area contributed by atoms with E-state index in [0.29, 0.717) is 12.0 Å². The van der Waals surface area contributed by atoms with Gasteiger partial charge in [0, 0.05) is 24.4 Å². The smallest absolute Gasteiger partial charge is 0.471 e. The number of fused-ring (bicyclic) bond motifs is 1. The van der Waals surface area contributed by atoms with Gasteiger partial charge in [0.25, 0.3) is 0 Å². The molecule has 1 aromatic rings. The van der Waals surface area contributed by atoms with Crippen LogP contribution in [0.5, 0.6) is 5.75 Å². The number of carbonyl (C=O) groups is 1. The molecular weight excluding hydrogens is 297 g/mol. The van der Waals surface area contributed by atoms with Crippen molar-refractivity contribution in [3.8, 4) is 5.75 Å². The quantitative estimate of drug-likeness (QED) is 0.824. The van der Waals surface area contributed by atoms with E-state index in [1.54, 1.807) is 13.0 Å². The molecule has 0 fully saturated rings. The summed E-state index contributed by atoms with van der Waals surface area (Å²) < 4.78 is 37.5. The zero-order valence-electron chi connectivity index (χ0n) is 12.1. The van der Waals surface area contributed by atoms with Crippen LogP contribution < -0.4 is 0 Å². The highest BCUT2D eigenvalue weighted by Crippen LogP contribution is 2.28. The van der Waals surface area contributed by atoms with Gasteiger partial charge in [-0.25, -0.2) is 0 Å². The highest BCUT2D eigenvalue weighted by molar-refractivity contribution is 6.00. The SMILES string of the molecule is CCC(=N)c1cc2c(cc1O)CCN(C(=O)C(F)(F)F)CC2. The van der Waals surface area contributed by atoms with Crippen molar-refractivity contribution in [2.75, 3.05) is 13.1 Å². The number of nitrogens with one attached hydrogen (secondary N) is 1. The molecule has 1 heterocycles. The monoisotopic (exact) mass is 314 g/mol. The van der Waals surface area contributed by atoms with Crippen LogP contribution in [0.25, 0.3) is 0 Å². The van der Waals surface area contributed by atoms with Gasteiger partial charge in [0.2, 0.25) is 0 Å². The lowest BCUT2D eigenvalue weighted by atomic mass is 9.96. The van der Waals surface area contributed by atoms with Crippen LogP contribution in [0.3, 0.4) is 0 Å². The van der Waals surface area contributed by atoms with E-state index >= 15 is 0 Å². The van der Waals surface area contributed by atoms with Crippen LogP contribution in [0.4, 0.5) is 13.2 Å². The van der Waals surface area contributed by atoms with E-state index in [1.807, 2.05) is 0 Å². The van der Waals surface area contributed by atoms with E-state index in [4.69, 9.17) is 5.41 Å². The molecule has 120 valence electrons. The molecule has 0 saturated heterocycles.